The number of carboxylic acids is 1. The van der Waals surface area contributed by atoms with E-state index in [9.17, 15) is 9.59 Å². The Morgan fingerprint density at radius 1 is 1.27 bits per heavy atom. The van der Waals surface area contributed by atoms with Crippen molar-refractivity contribution < 1.29 is 14.7 Å². The Balaban J connectivity index is 2.54. The van der Waals surface area contributed by atoms with Crippen LogP contribution in [0.15, 0.2) is 25.3 Å². The summed E-state index contributed by atoms with van der Waals surface area (Å²) in [6.45, 7) is 7.99. The van der Waals surface area contributed by atoms with Crippen molar-refractivity contribution in [2.24, 2.45) is 11.8 Å². The largest absolute Gasteiger partial charge is 0.481 e. The second-order valence-corrected chi connectivity index (χ2v) is 3.61. The average molecular weight is 209 g/mol. The van der Waals surface area contributed by atoms with E-state index in [0.717, 1.165) is 0 Å². The molecule has 0 heterocycles. The molecule has 0 bridgehead atoms. The molecule has 82 valence electrons. The fourth-order valence-electron chi connectivity index (χ4n) is 1.54. The molecule has 1 saturated carbocycles. The van der Waals surface area contributed by atoms with Crippen LogP contribution in [0.3, 0.4) is 0 Å². The molecule has 1 amide bonds. The van der Waals surface area contributed by atoms with Gasteiger partial charge in [-0.2, -0.15) is 0 Å². The van der Waals surface area contributed by atoms with E-state index >= 15 is 0 Å². The molecule has 0 radical (unpaired) electrons. The van der Waals surface area contributed by atoms with E-state index in [-0.39, 0.29) is 11.8 Å². The van der Waals surface area contributed by atoms with Gasteiger partial charge >= 0.3 is 5.97 Å². The van der Waals surface area contributed by atoms with Gasteiger partial charge in [0.15, 0.2) is 0 Å². The number of carbonyl (C=O) groups is 2. The van der Waals surface area contributed by atoms with Gasteiger partial charge in [0.05, 0.1) is 11.8 Å². The number of rotatable bonds is 6. The first-order valence-corrected chi connectivity index (χ1v) is 4.85. The summed E-state index contributed by atoms with van der Waals surface area (Å²) in [5.41, 5.74) is 0. The van der Waals surface area contributed by atoms with Crippen LogP contribution in [0.2, 0.25) is 0 Å². The highest BCUT2D eigenvalue weighted by Gasteiger charge is 2.49. The lowest BCUT2D eigenvalue weighted by Crippen LogP contribution is -2.33. The van der Waals surface area contributed by atoms with Gasteiger partial charge in [0.25, 0.3) is 0 Å². The Hall–Kier alpha value is -1.58. The molecule has 0 aromatic carbocycles. The van der Waals surface area contributed by atoms with Gasteiger partial charge in [-0.05, 0) is 6.42 Å². The Morgan fingerprint density at radius 3 is 2.13 bits per heavy atom. The van der Waals surface area contributed by atoms with Gasteiger partial charge in [-0.1, -0.05) is 12.2 Å². The summed E-state index contributed by atoms with van der Waals surface area (Å²) in [6.07, 6.45) is 3.71. The summed E-state index contributed by atoms with van der Waals surface area (Å²) >= 11 is 0. The molecule has 0 aromatic rings. The Labute approximate surface area is 88.9 Å². The van der Waals surface area contributed by atoms with Gasteiger partial charge in [0.1, 0.15) is 0 Å². The Bertz CT molecular complexity index is 288. The van der Waals surface area contributed by atoms with E-state index in [1.807, 2.05) is 0 Å². The van der Waals surface area contributed by atoms with Crippen LogP contribution in [-0.4, -0.2) is 35.0 Å². The number of hydrogen-bond donors (Lipinski definition) is 1. The number of carboxylic acid groups (broad SMARTS) is 1. The van der Waals surface area contributed by atoms with Gasteiger partial charge < -0.3 is 10.0 Å². The number of amides is 1. The fourth-order valence-corrected chi connectivity index (χ4v) is 1.54. The van der Waals surface area contributed by atoms with Crippen LogP contribution in [0.25, 0.3) is 0 Å². The monoisotopic (exact) mass is 209 g/mol. The first kappa shape index (κ1) is 11.5. The highest BCUT2D eigenvalue weighted by molar-refractivity contribution is 5.89. The van der Waals surface area contributed by atoms with Crippen LogP contribution < -0.4 is 0 Å². The summed E-state index contributed by atoms with van der Waals surface area (Å²) < 4.78 is 0. The molecule has 0 aliphatic heterocycles. The quantitative estimate of drug-likeness (QED) is 0.661. The van der Waals surface area contributed by atoms with Crippen molar-refractivity contribution in [2.75, 3.05) is 13.1 Å². The maximum absolute atomic E-state index is 11.8. The highest BCUT2D eigenvalue weighted by Crippen LogP contribution is 2.40. The van der Waals surface area contributed by atoms with Gasteiger partial charge in [-0.25, -0.2) is 0 Å². The second-order valence-electron chi connectivity index (χ2n) is 3.61. The molecule has 2 unspecified atom stereocenters. The standard InChI is InChI=1S/C11H15NO3/c1-3-5-12(6-4-2)10(13)8-7-9(8)11(14)15/h3-4,8-9H,1-2,5-7H2,(H,14,15). The first-order valence-electron chi connectivity index (χ1n) is 4.85. The lowest BCUT2D eigenvalue weighted by molar-refractivity contribution is -0.141. The number of aliphatic carboxylic acids is 1. The SMILES string of the molecule is C=CCN(CC=C)C(=O)C1CC1C(=O)O. The molecule has 2 atom stereocenters. The van der Waals surface area contributed by atoms with Crippen molar-refractivity contribution in [3.8, 4) is 0 Å². The maximum Gasteiger partial charge on any atom is 0.307 e. The molecule has 1 rings (SSSR count). The fraction of sp³-hybridized carbons (Fsp3) is 0.455. The summed E-state index contributed by atoms with van der Waals surface area (Å²) in [5, 5.41) is 8.70. The molecule has 1 aliphatic rings. The van der Waals surface area contributed by atoms with Crippen LogP contribution >= 0.6 is 0 Å². The molecule has 1 fully saturated rings. The molecule has 0 spiro atoms. The van der Waals surface area contributed by atoms with E-state index in [0.29, 0.717) is 19.5 Å². The molecule has 4 nitrogen and oxygen atoms in total. The van der Waals surface area contributed by atoms with Crippen LogP contribution in [0, 0.1) is 11.8 Å². The summed E-state index contributed by atoms with van der Waals surface area (Å²) in [4.78, 5) is 23.9. The predicted octanol–water partition coefficient (Wildman–Crippen LogP) is 0.908. The van der Waals surface area contributed by atoms with Crippen LogP contribution in [0.1, 0.15) is 6.42 Å². The molecular formula is C11H15NO3. The van der Waals surface area contributed by atoms with E-state index in [4.69, 9.17) is 5.11 Å². The molecule has 1 N–H and O–H groups in total. The van der Waals surface area contributed by atoms with E-state index < -0.39 is 11.9 Å². The smallest absolute Gasteiger partial charge is 0.307 e. The minimum absolute atomic E-state index is 0.109. The number of hydrogen-bond acceptors (Lipinski definition) is 2. The molecule has 1 aliphatic carbocycles. The molecule has 0 saturated heterocycles. The lowest BCUT2D eigenvalue weighted by atomic mass is 10.2. The van der Waals surface area contributed by atoms with Gasteiger partial charge in [0, 0.05) is 13.1 Å². The van der Waals surface area contributed by atoms with Crippen LogP contribution in [0.5, 0.6) is 0 Å². The maximum atomic E-state index is 11.8. The third-order valence-electron chi connectivity index (χ3n) is 2.44. The zero-order valence-electron chi connectivity index (χ0n) is 8.56. The van der Waals surface area contributed by atoms with Crippen LogP contribution in [-0.2, 0) is 9.59 Å². The predicted molar refractivity (Wildman–Crippen MR) is 56.2 cm³/mol. The topological polar surface area (TPSA) is 57.6 Å². The zero-order chi connectivity index (χ0) is 11.4. The van der Waals surface area contributed by atoms with E-state index in [1.54, 1.807) is 17.1 Å². The summed E-state index contributed by atoms with van der Waals surface area (Å²) in [5.74, 6) is -1.83. The minimum atomic E-state index is -0.884. The molecule has 4 heteroatoms. The third kappa shape index (κ3) is 2.68. The third-order valence-corrected chi connectivity index (χ3v) is 2.44. The van der Waals surface area contributed by atoms with Gasteiger partial charge in [-0.3, -0.25) is 9.59 Å². The summed E-state index contributed by atoms with van der Waals surface area (Å²) in [6, 6.07) is 0. The summed E-state index contributed by atoms with van der Waals surface area (Å²) in [7, 11) is 0. The second kappa shape index (κ2) is 4.77. The molecular weight excluding hydrogens is 194 g/mol. The van der Waals surface area contributed by atoms with Crippen molar-refractivity contribution >= 4 is 11.9 Å². The Kier molecular flexibility index (Phi) is 3.66. The zero-order valence-corrected chi connectivity index (χ0v) is 8.56. The van der Waals surface area contributed by atoms with Crippen molar-refractivity contribution in [3.63, 3.8) is 0 Å². The van der Waals surface area contributed by atoms with Crippen molar-refractivity contribution in [1.82, 2.24) is 4.90 Å². The van der Waals surface area contributed by atoms with Gasteiger partial charge in [-0.15, -0.1) is 13.2 Å². The first-order chi connectivity index (χ1) is 7.11. The molecule has 15 heavy (non-hydrogen) atoms. The van der Waals surface area contributed by atoms with Crippen LogP contribution in [0.4, 0.5) is 0 Å². The molecule has 0 aromatic heterocycles. The number of carbonyl (C=O) groups excluding carboxylic acids is 1. The van der Waals surface area contributed by atoms with Crippen molar-refractivity contribution in [3.05, 3.63) is 25.3 Å². The number of nitrogens with zero attached hydrogens (tertiary/aromatic N) is 1. The van der Waals surface area contributed by atoms with Crippen molar-refractivity contribution in [2.45, 2.75) is 6.42 Å². The van der Waals surface area contributed by atoms with E-state index in [2.05, 4.69) is 13.2 Å². The minimum Gasteiger partial charge on any atom is -0.481 e. The average Bonchev–Trinajstić information content (AvgIpc) is 2.96. The highest BCUT2D eigenvalue weighted by atomic mass is 16.4. The Morgan fingerprint density at radius 2 is 1.80 bits per heavy atom. The normalized spacial score (nSPS) is 22.9. The lowest BCUT2D eigenvalue weighted by Gasteiger charge is -2.18. The van der Waals surface area contributed by atoms with E-state index in [1.165, 1.54) is 0 Å². The van der Waals surface area contributed by atoms with Crippen molar-refractivity contribution in [1.29, 1.82) is 0 Å². The van der Waals surface area contributed by atoms with Gasteiger partial charge in [0.2, 0.25) is 5.91 Å².